The van der Waals surface area contributed by atoms with Crippen molar-refractivity contribution >= 4 is 16.7 Å². The highest BCUT2D eigenvalue weighted by atomic mass is 16.5. The Balaban J connectivity index is 1.39. The minimum Gasteiger partial charge on any atom is -0.443 e. The molecule has 0 atom stereocenters. The Kier molecular flexibility index (Phi) is 5.05. The van der Waals surface area contributed by atoms with E-state index in [0.29, 0.717) is 23.3 Å². The standard InChI is InChI=1S/C25H17N3O4/c29-24-20-12-5-4-11-19(20)21(27-28-24)14-16-7-6-10-18(13-16)32-25(30)22-23(31-15-26-22)17-8-2-1-3-9-17/h1-13,15H,14H2,(H,28,29). The summed E-state index contributed by atoms with van der Waals surface area (Å²) < 4.78 is 11.0. The molecule has 1 N–H and O–H groups in total. The molecule has 3 aromatic carbocycles. The minimum absolute atomic E-state index is 0.106. The van der Waals surface area contributed by atoms with Crippen molar-refractivity contribution in [2.75, 3.05) is 0 Å². The first-order valence-electron chi connectivity index (χ1n) is 9.95. The number of nitrogens with one attached hydrogen (secondary N) is 1. The van der Waals surface area contributed by atoms with E-state index in [9.17, 15) is 9.59 Å². The molecule has 0 amide bonds. The third-order valence-corrected chi connectivity index (χ3v) is 5.05. The first-order chi connectivity index (χ1) is 15.7. The van der Waals surface area contributed by atoms with Crippen LogP contribution < -0.4 is 10.3 Å². The van der Waals surface area contributed by atoms with E-state index >= 15 is 0 Å². The Hall–Kier alpha value is -4.52. The molecule has 0 aliphatic heterocycles. The molecule has 7 nitrogen and oxygen atoms in total. The molecule has 2 heterocycles. The van der Waals surface area contributed by atoms with Crippen LogP contribution in [0.2, 0.25) is 0 Å². The summed E-state index contributed by atoms with van der Waals surface area (Å²) in [6, 6.07) is 23.7. The zero-order valence-electron chi connectivity index (χ0n) is 16.8. The van der Waals surface area contributed by atoms with Crippen molar-refractivity contribution in [3.8, 4) is 17.1 Å². The summed E-state index contributed by atoms with van der Waals surface area (Å²) in [5.41, 5.74) is 2.22. The van der Waals surface area contributed by atoms with Crippen LogP contribution in [0.3, 0.4) is 0 Å². The molecule has 0 fully saturated rings. The van der Waals surface area contributed by atoms with E-state index in [0.717, 1.165) is 22.2 Å². The molecule has 0 spiro atoms. The van der Waals surface area contributed by atoms with Gasteiger partial charge in [-0.1, -0.05) is 60.7 Å². The largest absolute Gasteiger partial charge is 0.443 e. The number of ether oxygens (including phenoxy) is 1. The van der Waals surface area contributed by atoms with Gasteiger partial charge in [-0.2, -0.15) is 5.10 Å². The van der Waals surface area contributed by atoms with Crippen molar-refractivity contribution in [2.45, 2.75) is 6.42 Å². The topological polar surface area (TPSA) is 98.1 Å². The van der Waals surface area contributed by atoms with Crippen molar-refractivity contribution in [3.63, 3.8) is 0 Å². The van der Waals surface area contributed by atoms with Gasteiger partial charge in [0.25, 0.3) is 5.56 Å². The zero-order chi connectivity index (χ0) is 21.9. The lowest BCUT2D eigenvalue weighted by Gasteiger charge is -2.08. The highest BCUT2D eigenvalue weighted by Gasteiger charge is 2.20. The quantitative estimate of drug-likeness (QED) is 0.333. The molecule has 0 bridgehead atoms. The van der Waals surface area contributed by atoms with E-state index in [1.54, 1.807) is 24.3 Å². The summed E-state index contributed by atoms with van der Waals surface area (Å²) in [7, 11) is 0. The van der Waals surface area contributed by atoms with Crippen LogP contribution in [0.4, 0.5) is 0 Å². The second-order valence-corrected chi connectivity index (χ2v) is 7.15. The lowest BCUT2D eigenvalue weighted by Crippen LogP contribution is -2.12. The molecule has 156 valence electrons. The number of aromatic amines is 1. The Bertz CT molecular complexity index is 1470. The number of carbonyl (C=O) groups is 1. The molecule has 0 aliphatic carbocycles. The molecule has 32 heavy (non-hydrogen) atoms. The number of H-pyrrole nitrogens is 1. The van der Waals surface area contributed by atoms with Crippen molar-refractivity contribution in [1.82, 2.24) is 15.2 Å². The number of hydrogen-bond acceptors (Lipinski definition) is 6. The fraction of sp³-hybridized carbons (Fsp3) is 0.0400. The second kappa shape index (κ2) is 8.31. The Morgan fingerprint density at radius 1 is 0.938 bits per heavy atom. The van der Waals surface area contributed by atoms with Gasteiger partial charge >= 0.3 is 5.97 Å². The van der Waals surface area contributed by atoms with E-state index in [1.807, 2.05) is 54.6 Å². The molecular formula is C25H17N3O4. The molecule has 0 saturated heterocycles. The van der Waals surface area contributed by atoms with Gasteiger partial charge in [0, 0.05) is 17.4 Å². The molecule has 0 saturated carbocycles. The molecule has 2 aromatic heterocycles. The Labute approximate surface area is 182 Å². The molecule has 0 unspecified atom stereocenters. The maximum atomic E-state index is 12.8. The van der Waals surface area contributed by atoms with Crippen LogP contribution in [0, 0.1) is 0 Å². The number of carbonyl (C=O) groups excluding carboxylic acids is 1. The van der Waals surface area contributed by atoms with E-state index in [-0.39, 0.29) is 11.3 Å². The number of nitrogens with zero attached hydrogens (tertiary/aromatic N) is 2. The van der Waals surface area contributed by atoms with Gasteiger partial charge in [-0.15, -0.1) is 0 Å². The van der Waals surface area contributed by atoms with Gasteiger partial charge in [-0.05, 0) is 23.8 Å². The first-order valence-corrected chi connectivity index (χ1v) is 9.95. The van der Waals surface area contributed by atoms with Crippen LogP contribution in [0.15, 0.2) is 94.5 Å². The predicted octanol–water partition coefficient (Wildman–Crippen LogP) is 4.39. The molecule has 0 aliphatic rings. The number of aromatic nitrogens is 3. The van der Waals surface area contributed by atoms with Crippen LogP contribution in [-0.2, 0) is 6.42 Å². The lowest BCUT2D eigenvalue weighted by molar-refractivity contribution is 0.0729. The van der Waals surface area contributed by atoms with Crippen LogP contribution in [0.1, 0.15) is 21.7 Å². The summed E-state index contributed by atoms with van der Waals surface area (Å²) in [6.07, 6.45) is 1.68. The highest BCUT2D eigenvalue weighted by Crippen LogP contribution is 2.25. The summed E-state index contributed by atoms with van der Waals surface area (Å²) in [5.74, 6) is 0.126. The molecular weight excluding hydrogens is 406 g/mol. The third kappa shape index (κ3) is 3.79. The van der Waals surface area contributed by atoms with Crippen molar-refractivity contribution in [2.24, 2.45) is 0 Å². The summed E-state index contributed by atoms with van der Waals surface area (Å²) >= 11 is 0. The Morgan fingerprint density at radius 2 is 1.72 bits per heavy atom. The van der Waals surface area contributed by atoms with Crippen molar-refractivity contribution in [1.29, 1.82) is 0 Å². The second-order valence-electron chi connectivity index (χ2n) is 7.15. The average molecular weight is 423 g/mol. The molecule has 5 rings (SSSR count). The SMILES string of the molecule is O=C(Oc1cccc(Cc2n[nH]c(=O)c3ccccc23)c1)c1ncoc1-c1ccccc1. The fourth-order valence-electron chi connectivity index (χ4n) is 3.56. The summed E-state index contributed by atoms with van der Waals surface area (Å²) in [6.45, 7) is 0. The number of rotatable bonds is 5. The normalized spacial score (nSPS) is 10.9. The lowest BCUT2D eigenvalue weighted by atomic mass is 10.0. The van der Waals surface area contributed by atoms with Gasteiger partial charge < -0.3 is 9.15 Å². The number of esters is 1. The van der Waals surface area contributed by atoms with E-state index in [1.165, 1.54) is 6.39 Å². The molecule has 0 radical (unpaired) electrons. The van der Waals surface area contributed by atoms with Gasteiger partial charge in [0.2, 0.25) is 0 Å². The van der Waals surface area contributed by atoms with Crippen molar-refractivity contribution < 1.29 is 13.9 Å². The van der Waals surface area contributed by atoms with Crippen LogP contribution in [0.25, 0.3) is 22.1 Å². The monoisotopic (exact) mass is 423 g/mol. The summed E-state index contributed by atoms with van der Waals surface area (Å²) in [5, 5.41) is 8.12. The third-order valence-electron chi connectivity index (χ3n) is 5.05. The van der Waals surface area contributed by atoms with E-state index < -0.39 is 5.97 Å². The van der Waals surface area contributed by atoms with E-state index in [2.05, 4.69) is 15.2 Å². The fourth-order valence-corrected chi connectivity index (χ4v) is 3.56. The van der Waals surface area contributed by atoms with Crippen molar-refractivity contribution in [3.05, 3.63) is 113 Å². The number of benzene rings is 3. The van der Waals surface area contributed by atoms with Gasteiger partial charge in [0.15, 0.2) is 17.8 Å². The smallest absolute Gasteiger partial charge is 0.366 e. The number of hydrogen-bond donors (Lipinski definition) is 1. The van der Waals surface area contributed by atoms with Gasteiger partial charge in [-0.3, -0.25) is 4.79 Å². The van der Waals surface area contributed by atoms with Crippen LogP contribution in [-0.4, -0.2) is 21.2 Å². The van der Waals surface area contributed by atoms with E-state index in [4.69, 9.17) is 9.15 Å². The minimum atomic E-state index is -0.609. The van der Waals surface area contributed by atoms with Crippen LogP contribution in [0.5, 0.6) is 5.75 Å². The maximum absolute atomic E-state index is 12.8. The van der Waals surface area contributed by atoms with Gasteiger partial charge in [0.1, 0.15) is 5.75 Å². The average Bonchev–Trinajstić information content (AvgIpc) is 3.32. The van der Waals surface area contributed by atoms with Gasteiger partial charge in [0.05, 0.1) is 11.1 Å². The van der Waals surface area contributed by atoms with Gasteiger partial charge in [-0.25, -0.2) is 14.9 Å². The molecule has 7 heteroatoms. The zero-order valence-corrected chi connectivity index (χ0v) is 16.8. The predicted molar refractivity (Wildman–Crippen MR) is 119 cm³/mol. The molecule has 5 aromatic rings. The number of oxazole rings is 1. The maximum Gasteiger partial charge on any atom is 0.366 e. The number of fused-ring (bicyclic) bond motifs is 1. The summed E-state index contributed by atoms with van der Waals surface area (Å²) in [4.78, 5) is 28.8. The Morgan fingerprint density at radius 3 is 2.56 bits per heavy atom. The highest BCUT2D eigenvalue weighted by molar-refractivity contribution is 5.94. The first kappa shape index (κ1) is 19.4. The van der Waals surface area contributed by atoms with Crippen LogP contribution >= 0.6 is 0 Å².